The van der Waals surface area contributed by atoms with Crippen molar-refractivity contribution in [1.82, 2.24) is 4.98 Å². The van der Waals surface area contributed by atoms with Crippen molar-refractivity contribution in [3.63, 3.8) is 0 Å². The summed E-state index contributed by atoms with van der Waals surface area (Å²) in [6.45, 7) is 2.58. The molecule has 23 heavy (non-hydrogen) atoms. The topological polar surface area (TPSA) is 79.4 Å². The molecule has 0 spiro atoms. The van der Waals surface area contributed by atoms with Gasteiger partial charge in [-0.3, -0.25) is 9.78 Å². The van der Waals surface area contributed by atoms with Crippen LogP contribution in [0.25, 0.3) is 0 Å². The molecule has 1 aromatic heterocycles. The minimum Gasteiger partial charge on any atom is -0.494 e. The lowest BCUT2D eigenvalue weighted by Crippen LogP contribution is -2.12. The summed E-state index contributed by atoms with van der Waals surface area (Å²) in [5, 5.41) is 9.24. The molecule has 0 radical (unpaired) electrons. The molecule has 0 aliphatic heterocycles. The highest BCUT2D eigenvalue weighted by Gasteiger charge is 2.09. The number of pyridine rings is 1. The van der Waals surface area contributed by atoms with E-state index in [-0.39, 0.29) is 11.4 Å². The number of nitrogens with one attached hydrogen (secondary N) is 1. The van der Waals surface area contributed by atoms with Crippen LogP contribution in [0.3, 0.4) is 0 Å². The van der Waals surface area contributed by atoms with Crippen LogP contribution in [-0.2, 0) is 4.74 Å². The van der Waals surface area contributed by atoms with E-state index in [4.69, 9.17) is 4.74 Å². The molecule has 0 fully saturated rings. The fraction of sp³-hybridized carbons (Fsp3) is 0.667. The van der Waals surface area contributed by atoms with Crippen LogP contribution in [0.1, 0.15) is 81.5 Å². The number of aromatic nitrogens is 1. The molecule has 0 aliphatic rings. The summed E-state index contributed by atoms with van der Waals surface area (Å²) in [5.74, 6) is -0.897. The van der Waals surface area contributed by atoms with Gasteiger partial charge >= 0.3 is 5.97 Å². The Labute approximate surface area is 138 Å². The number of aromatic hydroxyl groups is 1. The van der Waals surface area contributed by atoms with Gasteiger partial charge in [-0.15, -0.1) is 0 Å². The monoisotopic (exact) mass is 323 g/mol. The van der Waals surface area contributed by atoms with E-state index in [1.807, 2.05) is 0 Å². The number of carbonyl (C=O) groups is 1. The maximum absolute atomic E-state index is 11.7. The van der Waals surface area contributed by atoms with Crippen LogP contribution in [0.2, 0.25) is 0 Å². The highest BCUT2D eigenvalue weighted by Crippen LogP contribution is 2.11. The van der Waals surface area contributed by atoms with E-state index in [1.54, 1.807) is 0 Å². The van der Waals surface area contributed by atoms with Crippen molar-refractivity contribution in [3.05, 3.63) is 28.0 Å². The molecule has 2 N–H and O–H groups in total. The minimum atomic E-state index is -0.567. The normalized spacial score (nSPS) is 10.7. The second-order valence-electron chi connectivity index (χ2n) is 5.94. The van der Waals surface area contributed by atoms with Crippen LogP contribution in [0.15, 0.2) is 16.9 Å². The summed E-state index contributed by atoms with van der Waals surface area (Å²) in [7, 11) is 0. The van der Waals surface area contributed by atoms with Gasteiger partial charge in [0.25, 0.3) is 5.56 Å². The van der Waals surface area contributed by atoms with E-state index in [0.717, 1.165) is 25.3 Å². The van der Waals surface area contributed by atoms with Gasteiger partial charge in [-0.2, -0.15) is 0 Å². The maximum Gasteiger partial charge on any atom is 0.338 e. The number of hydrogen-bond donors (Lipinski definition) is 2. The smallest absolute Gasteiger partial charge is 0.338 e. The van der Waals surface area contributed by atoms with E-state index >= 15 is 0 Å². The number of carbonyl (C=O) groups excluding carboxylic acids is 1. The summed E-state index contributed by atoms with van der Waals surface area (Å²) in [6.07, 6.45) is 12.2. The van der Waals surface area contributed by atoms with E-state index in [0.29, 0.717) is 6.61 Å². The van der Waals surface area contributed by atoms with Crippen molar-refractivity contribution >= 4 is 5.97 Å². The van der Waals surface area contributed by atoms with Gasteiger partial charge in [0.15, 0.2) is 5.88 Å². The minimum absolute atomic E-state index is 0.0818. The first-order valence-corrected chi connectivity index (χ1v) is 8.74. The molecular formula is C18H29NO4. The number of unbranched alkanes of at least 4 members (excludes halogenated alkanes) is 9. The van der Waals surface area contributed by atoms with E-state index in [2.05, 4.69) is 11.9 Å². The van der Waals surface area contributed by atoms with Gasteiger partial charge in [-0.25, -0.2) is 4.79 Å². The Morgan fingerprint density at radius 2 is 1.57 bits per heavy atom. The first kappa shape index (κ1) is 19.3. The van der Waals surface area contributed by atoms with Crippen molar-refractivity contribution in [3.8, 4) is 5.88 Å². The summed E-state index contributed by atoms with van der Waals surface area (Å²) < 4.78 is 5.11. The zero-order valence-electron chi connectivity index (χ0n) is 14.1. The number of hydrogen-bond acceptors (Lipinski definition) is 4. The van der Waals surface area contributed by atoms with E-state index < -0.39 is 11.5 Å². The third kappa shape index (κ3) is 9.06. The quantitative estimate of drug-likeness (QED) is 0.447. The Hall–Kier alpha value is -1.78. The summed E-state index contributed by atoms with van der Waals surface area (Å²) in [6, 6.07) is 2.32. The number of rotatable bonds is 12. The van der Waals surface area contributed by atoms with Crippen molar-refractivity contribution < 1.29 is 14.6 Å². The highest BCUT2D eigenvalue weighted by atomic mass is 16.5. The molecule has 0 saturated heterocycles. The molecule has 0 unspecified atom stereocenters. The Balaban J connectivity index is 2.02. The molecule has 5 nitrogen and oxygen atoms in total. The van der Waals surface area contributed by atoms with Crippen LogP contribution >= 0.6 is 0 Å². The van der Waals surface area contributed by atoms with Gasteiger partial charge in [-0.05, 0) is 6.42 Å². The Morgan fingerprint density at radius 3 is 2.13 bits per heavy atom. The average Bonchev–Trinajstić information content (AvgIpc) is 2.51. The van der Waals surface area contributed by atoms with Crippen LogP contribution in [-0.4, -0.2) is 22.7 Å². The zero-order chi connectivity index (χ0) is 16.9. The molecule has 1 rings (SSSR count). The predicted molar refractivity (Wildman–Crippen MR) is 90.9 cm³/mol. The average molecular weight is 323 g/mol. The Kier molecular flexibility index (Phi) is 9.84. The fourth-order valence-electron chi connectivity index (χ4n) is 2.48. The van der Waals surface area contributed by atoms with Gasteiger partial charge in [0.1, 0.15) is 0 Å². The van der Waals surface area contributed by atoms with Crippen molar-refractivity contribution in [2.45, 2.75) is 71.1 Å². The highest BCUT2D eigenvalue weighted by molar-refractivity contribution is 5.89. The molecule has 0 amide bonds. The lowest BCUT2D eigenvalue weighted by molar-refractivity contribution is 0.0497. The third-order valence-electron chi connectivity index (χ3n) is 3.80. The largest absolute Gasteiger partial charge is 0.494 e. The van der Waals surface area contributed by atoms with E-state index in [9.17, 15) is 14.7 Å². The maximum atomic E-state index is 11.7. The molecule has 0 atom stereocenters. The lowest BCUT2D eigenvalue weighted by atomic mass is 10.1. The molecular weight excluding hydrogens is 294 g/mol. The number of H-pyrrole nitrogens is 1. The van der Waals surface area contributed by atoms with Gasteiger partial charge in [0, 0.05) is 12.1 Å². The molecule has 130 valence electrons. The molecule has 1 heterocycles. The number of ether oxygens (including phenoxy) is 1. The first-order chi connectivity index (χ1) is 11.1. The van der Waals surface area contributed by atoms with E-state index in [1.165, 1.54) is 51.0 Å². The third-order valence-corrected chi connectivity index (χ3v) is 3.80. The molecule has 1 aromatic rings. The number of aromatic amines is 1. The van der Waals surface area contributed by atoms with Gasteiger partial charge < -0.3 is 9.84 Å². The standard InChI is InChI=1S/C18H29NO4/c1-2-3-4-5-6-7-8-9-10-11-12-23-18(22)15-13-16(20)19-17(21)14-15/h13-14H,2-12H2,1H3,(H2,19,20,21). The van der Waals surface area contributed by atoms with Crippen LogP contribution in [0.4, 0.5) is 0 Å². The Morgan fingerprint density at radius 1 is 1.00 bits per heavy atom. The van der Waals surface area contributed by atoms with Crippen LogP contribution in [0, 0.1) is 0 Å². The summed E-state index contributed by atoms with van der Waals surface area (Å²) >= 11 is 0. The SMILES string of the molecule is CCCCCCCCCCCCOC(=O)c1cc(O)[nH]c(=O)c1. The fourth-order valence-corrected chi connectivity index (χ4v) is 2.48. The van der Waals surface area contributed by atoms with Crippen LogP contribution < -0.4 is 5.56 Å². The number of esters is 1. The van der Waals surface area contributed by atoms with Gasteiger partial charge in [0.05, 0.1) is 12.2 Å². The molecule has 0 aliphatic carbocycles. The first-order valence-electron chi connectivity index (χ1n) is 8.74. The van der Waals surface area contributed by atoms with Crippen molar-refractivity contribution in [1.29, 1.82) is 0 Å². The van der Waals surface area contributed by atoms with Gasteiger partial charge in [0.2, 0.25) is 0 Å². The van der Waals surface area contributed by atoms with Crippen molar-refractivity contribution in [2.75, 3.05) is 6.61 Å². The molecule has 0 saturated carbocycles. The summed E-state index contributed by atoms with van der Waals surface area (Å²) in [4.78, 5) is 25.0. The van der Waals surface area contributed by atoms with Crippen molar-refractivity contribution in [2.24, 2.45) is 0 Å². The lowest BCUT2D eigenvalue weighted by Gasteiger charge is -2.05. The molecule has 0 bridgehead atoms. The predicted octanol–water partition coefficient (Wildman–Crippen LogP) is 4.16. The molecule has 5 heteroatoms. The van der Waals surface area contributed by atoms with Crippen LogP contribution in [0.5, 0.6) is 5.88 Å². The van der Waals surface area contributed by atoms with Gasteiger partial charge in [-0.1, -0.05) is 64.7 Å². The second-order valence-corrected chi connectivity index (χ2v) is 5.94. The molecule has 0 aromatic carbocycles. The second kappa shape index (κ2) is 11.7. The summed E-state index contributed by atoms with van der Waals surface area (Å²) in [5.41, 5.74) is -0.436. The Bertz CT molecular complexity index is 510. The zero-order valence-corrected chi connectivity index (χ0v) is 14.1.